The Balaban J connectivity index is 2.34. The normalized spacial score (nSPS) is 11.4. The van der Waals surface area contributed by atoms with Crippen molar-refractivity contribution in [2.75, 3.05) is 5.32 Å². The summed E-state index contributed by atoms with van der Waals surface area (Å²) >= 11 is 3.12. The Hall–Kier alpha value is -1.63. The number of nitrogens with one attached hydrogen (secondary N) is 1. The van der Waals surface area contributed by atoms with Crippen molar-refractivity contribution in [1.82, 2.24) is 4.98 Å². The van der Waals surface area contributed by atoms with Crippen LogP contribution in [0.5, 0.6) is 0 Å². The van der Waals surface area contributed by atoms with Crippen molar-refractivity contribution in [2.45, 2.75) is 6.18 Å². The highest BCUT2D eigenvalue weighted by Crippen LogP contribution is 2.34. The predicted octanol–water partition coefficient (Wildman–Crippen LogP) is 4.75. The molecule has 1 aromatic heterocycles. The molecule has 0 spiro atoms. The van der Waals surface area contributed by atoms with E-state index in [9.17, 15) is 17.6 Å². The topological polar surface area (TPSA) is 24.9 Å². The zero-order valence-corrected chi connectivity index (χ0v) is 10.9. The van der Waals surface area contributed by atoms with Gasteiger partial charge in [-0.2, -0.15) is 17.6 Å². The van der Waals surface area contributed by atoms with E-state index in [1.807, 2.05) is 0 Å². The highest BCUT2D eigenvalue weighted by molar-refractivity contribution is 9.10. The van der Waals surface area contributed by atoms with E-state index < -0.39 is 17.7 Å². The maximum atomic E-state index is 12.9. The van der Waals surface area contributed by atoms with Gasteiger partial charge < -0.3 is 5.32 Å². The van der Waals surface area contributed by atoms with Crippen LogP contribution in [0.15, 0.2) is 40.9 Å². The Labute approximate surface area is 114 Å². The van der Waals surface area contributed by atoms with Gasteiger partial charge >= 0.3 is 6.18 Å². The molecule has 0 atom stereocenters. The van der Waals surface area contributed by atoms with Crippen molar-refractivity contribution in [1.29, 1.82) is 0 Å². The Morgan fingerprint density at radius 3 is 2.47 bits per heavy atom. The third-order valence-electron chi connectivity index (χ3n) is 2.27. The molecular weight excluding hydrogens is 328 g/mol. The van der Waals surface area contributed by atoms with Crippen LogP contribution < -0.4 is 5.32 Å². The van der Waals surface area contributed by atoms with Crippen LogP contribution in [0, 0.1) is 5.95 Å². The molecule has 19 heavy (non-hydrogen) atoms. The molecule has 2 rings (SSSR count). The van der Waals surface area contributed by atoms with E-state index >= 15 is 0 Å². The van der Waals surface area contributed by atoms with Crippen molar-refractivity contribution < 1.29 is 17.6 Å². The summed E-state index contributed by atoms with van der Waals surface area (Å²) < 4.78 is 51.1. The predicted molar refractivity (Wildman–Crippen MR) is 66.6 cm³/mol. The monoisotopic (exact) mass is 334 g/mol. The molecule has 2 nitrogen and oxygen atoms in total. The van der Waals surface area contributed by atoms with Gasteiger partial charge in [0.25, 0.3) is 0 Å². The molecule has 0 saturated heterocycles. The lowest BCUT2D eigenvalue weighted by Crippen LogP contribution is -2.06. The minimum absolute atomic E-state index is 0.125. The minimum Gasteiger partial charge on any atom is -0.339 e. The van der Waals surface area contributed by atoms with E-state index in [1.165, 1.54) is 18.2 Å². The number of aromatic nitrogens is 1. The largest absolute Gasteiger partial charge is 0.416 e. The van der Waals surface area contributed by atoms with E-state index in [2.05, 4.69) is 26.2 Å². The van der Waals surface area contributed by atoms with Crippen molar-refractivity contribution in [3.8, 4) is 0 Å². The Bertz CT molecular complexity index is 599. The molecule has 0 aliphatic carbocycles. The van der Waals surface area contributed by atoms with Crippen LogP contribution in [-0.4, -0.2) is 4.98 Å². The first kappa shape index (κ1) is 13.8. The molecule has 0 radical (unpaired) electrons. The molecule has 0 saturated carbocycles. The molecule has 0 aliphatic heterocycles. The fourth-order valence-electron chi connectivity index (χ4n) is 1.41. The number of pyridine rings is 1. The number of hydrogen-bond acceptors (Lipinski definition) is 2. The highest BCUT2D eigenvalue weighted by atomic mass is 79.9. The summed E-state index contributed by atoms with van der Waals surface area (Å²) in [4.78, 5) is 3.52. The first-order valence-corrected chi connectivity index (χ1v) is 5.92. The quantitative estimate of drug-likeness (QED) is 0.633. The van der Waals surface area contributed by atoms with Gasteiger partial charge in [0.05, 0.1) is 11.3 Å². The van der Waals surface area contributed by atoms with Gasteiger partial charge in [-0.15, -0.1) is 0 Å². The van der Waals surface area contributed by atoms with Crippen molar-refractivity contribution in [2.24, 2.45) is 0 Å². The summed E-state index contributed by atoms with van der Waals surface area (Å²) in [6, 6.07) is 7.16. The first-order valence-electron chi connectivity index (χ1n) is 5.12. The SMILES string of the molecule is Fc1cccc(Nc2cc(C(F)(F)F)ccc2Br)n1. The van der Waals surface area contributed by atoms with Gasteiger partial charge in [0, 0.05) is 4.47 Å². The standard InChI is InChI=1S/C12H7BrF4N2/c13-8-5-4-7(12(15,16)17)6-9(8)18-11-3-1-2-10(14)19-11/h1-6H,(H,18,19). The third kappa shape index (κ3) is 3.44. The average molecular weight is 335 g/mol. The van der Waals surface area contributed by atoms with E-state index in [0.29, 0.717) is 4.47 Å². The maximum Gasteiger partial charge on any atom is 0.416 e. The maximum absolute atomic E-state index is 12.9. The van der Waals surface area contributed by atoms with Crippen molar-refractivity contribution in [3.05, 3.63) is 52.4 Å². The molecule has 1 N–H and O–H groups in total. The Morgan fingerprint density at radius 2 is 1.84 bits per heavy atom. The van der Waals surface area contributed by atoms with E-state index in [1.54, 1.807) is 0 Å². The summed E-state index contributed by atoms with van der Waals surface area (Å²) in [6.45, 7) is 0. The lowest BCUT2D eigenvalue weighted by molar-refractivity contribution is -0.137. The van der Waals surface area contributed by atoms with Gasteiger partial charge in [-0.25, -0.2) is 4.98 Å². The van der Waals surface area contributed by atoms with Gasteiger partial charge in [0.15, 0.2) is 0 Å². The first-order chi connectivity index (χ1) is 8.86. The van der Waals surface area contributed by atoms with Crippen LogP contribution in [0.25, 0.3) is 0 Å². The van der Waals surface area contributed by atoms with Crippen LogP contribution in [0.2, 0.25) is 0 Å². The summed E-state index contributed by atoms with van der Waals surface area (Å²) in [6.07, 6.45) is -4.44. The highest BCUT2D eigenvalue weighted by Gasteiger charge is 2.30. The van der Waals surface area contributed by atoms with Gasteiger partial charge in [0.2, 0.25) is 5.95 Å². The molecule has 2 aromatic rings. The number of hydrogen-bond donors (Lipinski definition) is 1. The number of anilines is 2. The molecule has 0 bridgehead atoms. The molecule has 7 heteroatoms. The van der Waals surface area contributed by atoms with Crippen LogP contribution in [0.3, 0.4) is 0 Å². The number of nitrogens with zero attached hydrogens (tertiary/aromatic N) is 1. The molecule has 0 aliphatic rings. The van der Waals surface area contributed by atoms with Gasteiger partial charge in [-0.05, 0) is 46.3 Å². The fourth-order valence-corrected chi connectivity index (χ4v) is 1.76. The van der Waals surface area contributed by atoms with E-state index in [0.717, 1.165) is 18.2 Å². The number of benzene rings is 1. The van der Waals surface area contributed by atoms with Gasteiger partial charge in [-0.1, -0.05) is 6.07 Å². The number of rotatable bonds is 2. The molecule has 1 aromatic carbocycles. The second kappa shape index (κ2) is 5.16. The summed E-state index contributed by atoms with van der Waals surface area (Å²) in [7, 11) is 0. The van der Waals surface area contributed by atoms with E-state index in [4.69, 9.17) is 0 Å². The van der Waals surface area contributed by atoms with Crippen LogP contribution in [0.1, 0.15) is 5.56 Å². The molecule has 1 heterocycles. The second-order valence-electron chi connectivity index (χ2n) is 3.66. The van der Waals surface area contributed by atoms with Crippen LogP contribution >= 0.6 is 15.9 Å². The fraction of sp³-hybridized carbons (Fsp3) is 0.0833. The summed E-state index contributed by atoms with van der Waals surface area (Å²) in [5.74, 6) is -0.590. The minimum atomic E-state index is -4.44. The van der Waals surface area contributed by atoms with Crippen molar-refractivity contribution in [3.63, 3.8) is 0 Å². The van der Waals surface area contributed by atoms with Crippen LogP contribution in [-0.2, 0) is 6.18 Å². The van der Waals surface area contributed by atoms with Crippen molar-refractivity contribution >= 4 is 27.4 Å². The Morgan fingerprint density at radius 1 is 1.11 bits per heavy atom. The lowest BCUT2D eigenvalue weighted by atomic mass is 10.2. The van der Waals surface area contributed by atoms with Crippen LogP contribution in [0.4, 0.5) is 29.1 Å². The molecule has 100 valence electrons. The summed E-state index contributed by atoms with van der Waals surface area (Å²) in [5.41, 5.74) is -0.637. The average Bonchev–Trinajstić information content (AvgIpc) is 2.30. The summed E-state index contributed by atoms with van der Waals surface area (Å²) in [5, 5.41) is 2.63. The van der Waals surface area contributed by atoms with E-state index in [-0.39, 0.29) is 11.5 Å². The Kier molecular flexibility index (Phi) is 3.75. The van der Waals surface area contributed by atoms with Gasteiger partial charge in [0.1, 0.15) is 5.82 Å². The smallest absolute Gasteiger partial charge is 0.339 e. The number of halogens is 5. The molecule has 0 unspecified atom stereocenters. The second-order valence-corrected chi connectivity index (χ2v) is 4.52. The lowest BCUT2D eigenvalue weighted by Gasteiger charge is -2.12. The molecule has 0 amide bonds. The molecular formula is C12H7BrF4N2. The molecule has 0 fully saturated rings. The van der Waals surface area contributed by atoms with Gasteiger partial charge in [-0.3, -0.25) is 0 Å². The zero-order chi connectivity index (χ0) is 14.0. The third-order valence-corrected chi connectivity index (χ3v) is 2.96. The zero-order valence-electron chi connectivity index (χ0n) is 9.30. The number of alkyl halides is 3.